The van der Waals surface area contributed by atoms with Crippen molar-refractivity contribution in [2.45, 2.75) is 45.6 Å². The molecular formula is C21H41N5O4. The van der Waals surface area contributed by atoms with Crippen LogP contribution in [0, 0.1) is 5.41 Å². The molecule has 2 heterocycles. The van der Waals surface area contributed by atoms with Gasteiger partial charge in [0.1, 0.15) is 5.60 Å². The highest BCUT2D eigenvalue weighted by Gasteiger charge is 2.34. The number of rotatable bonds is 8. The lowest BCUT2D eigenvalue weighted by Crippen LogP contribution is -2.50. The quantitative estimate of drug-likeness (QED) is 0.300. The molecule has 0 aliphatic carbocycles. The highest BCUT2D eigenvalue weighted by Crippen LogP contribution is 2.31. The van der Waals surface area contributed by atoms with E-state index in [2.05, 4.69) is 20.5 Å². The molecule has 0 saturated carbocycles. The van der Waals surface area contributed by atoms with Crippen LogP contribution >= 0.6 is 0 Å². The normalized spacial score (nSPS) is 23.5. The molecule has 3 N–H and O–H groups in total. The Hall–Kier alpha value is -1.58. The summed E-state index contributed by atoms with van der Waals surface area (Å²) >= 11 is 0. The second kappa shape index (κ2) is 11.7. The number of nitrogens with zero attached hydrogens (tertiary/aromatic N) is 3. The minimum Gasteiger partial charge on any atom is -0.444 e. The van der Waals surface area contributed by atoms with E-state index in [1.807, 2.05) is 20.8 Å². The standard InChI is InChI=1S/C21H41N5O4/c1-20(2,3)30-19(28)26-12-10-25(11-13-26)9-5-8-23-18(22-4)24-16-21(6-14-27)7-15-29-17-21/h27H,5-17H2,1-4H3,(H2,22,23,24). The zero-order valence-electron chi connectivity index (χ0n) is 19.2. The van der Waals surface area contributed by atoms with Gasteiger partial charge in [-0.3, -0.25) is 9.89 Å². The Morgan fingerprint density at radius 3 is 2.53 bits per heavy atom. The molecule has 2 aliphatic heterocycles. The maximum atomic E-state index is 12.1. The topological polar surface area (TPSA) is 98.7 Å². The molecule has 9 nitrogen and oxygen atoms in total. The van der Waals surface area contributed by atoms with Crippen LogP contribution in [-0.2, 0) is 9.47 Å². The largest absolute Gasteiger partial charge is 0.444 e. The number of hydrogen-bond acceptors (Lipinski definition) is 6. The molecule has 1 atom stereocenters. The number of carbonyl (C=O) groups is 1. The number of aliphatic hydroxyl groups is 1. The highest BCUT2D eigenvalue weighted by molar-refractivity contribution is 5.79. The van der Waals surface area contributed by atoms with Gasteiger partial charge in [-0.25, -0.2) is 4.79 Å². The van der Waals surface area contributed by atoms with E-state index in [1.165, 1.54) is 0 Å². The molecule has 0 radical (unpaired) electrons. The van der Waals surface area contributed by atoms with Crippen LogP contribution in [0.4, 0.5) is 4.79 Å². The first-order valence-electron chi connectivity index (χ1n) is 11.1. The molecule has 2 saturated heterocycles. The van der Waals surface area contributed by atoms with E-state index in [-0.39, 0.29) is 18.1 Å². The Morgan fingerprint density at radius 2 is 1.97 bits per heavy atom. The molecule has 2 aliphatic rings. The van der Waals surface area contributed by atoms with Gasteiger partial charge in [-0.1, -0.05) is 0 Å². The van der Waals surface area contributed by atoms with Crippen molar-refractivity contribution in [1.82, 2.24) is 20.4 Å². The third kappa shape index (κ3) is 8.28. The molecule has 2 fully saturated rings. The molecule has 9 heteroatoms. The molecule has 30 heavy (non-hydrogen) atoms. The first-order valence-corrected chi connectivity index (χ1v) is 11.1. The highest BCUT2D eigenvalue weighted by atomic mass is 16.6. The minimum absolute atomic E-state index is 0.000182. The lowest BCUT2D eigenvalue weighted by Gasteiger charge is -2.35. The van der Waals surface area contributed by atoms with Gasteiger partial charge >= 0.3 is 6.09 Å². The van der Waals surface area contributed by atoms with Gasteiger partial charge in [0.15, 0.2) is 5.96 Å². The monoisotopic (exact) mass is 427 g/mol. The van der Waals surface area contributed by atoms with Crippen molar-refractivity contribution in [2.75, 3.05) is 72.7 Å². The summed E-state index contributed by atoms with van der Waals surface area (Å²) in [7, 11) is 1.77. The van der Waals surface area contributed by atoms with Gasteiger partial charge in [-0.2, -0.15) is 0 Å². The van der Waals surface area contributed by atoms with Crippen LogP contribution in [-0.4, -0.2) is 105 Å². The summed E-state index contributed by atoms with van der Waals surface area (Å²) in [5.74, 6) is 0.786. The Balaban J connectivity index is 1.61. The van der Waals surface area contributed by atoms with Gasteiger partial charge in [0.05, 0.1) is 6.61 Å². The molecule has 0 aromatic heterocycles. The second-order valence-corrected chi connectivity index (χ2v) is 9.29. The summed E-state index contributed by atoms with van der Waals surface area (Å²) in [5.41, 5.74) is -0.449. The van der Waals surface area contributed by atoms with Gasteiger partial charge in [-0.05, 0) is 46.6 Å². The number of ether oxygens (including phenoxy) is 2. The van der Waals surface area contributed by atoms with E-state index in [1.54, 1.807) is 11.9 Å². The number of guanidine groups is 1. The Morgan fingerprint density at radius 1 is 1.23 bits per heavy atom. The first kappa shape index (κ1) is 24.7. The summed E-state index contributed by atoms with van der Waals surface area (Å²) in [6, 6.07) is 0. The van der Waals surface area contributed by atoms with Gasteiger partial charge in [0, 0.05) is 64.9 Å². The van der Waals surface area contributed by atoms with Crippen LogP contribution in [0.1, 0.15) is 40.0 Å². The smallest absolute Gasteiger partial charge is 0.410 e. The number of hydrogen-bond donors (Lipinski definition) is 3. The maximum absolute atomic E-state index is 12.1. The van der Waals surface area contributed by atoms with Crippen molar-refractivity contribution in [1.29, 1.82) is 0 Å². The zero-order valence-corrected chi connectivity index (χ0v) is 19.2. The van der Waals surface area contributed by atoms with Gasteiger partial charge in [-0.15, -0.1) is 0 Å². The van der Waals surface area contributed by atoms with Crippen LogP contribution in [0.25, 0.3) is 0 Å². The third-order valence-corrected chi connectivity index (χ3v) is 5.65. The van der Waals surface area contributed by atoms with Crippen LogP contribution < -0.4 is 10.6 Å². The Kier molecular flexibility index (Phi) is 9.64. The van der Waals surface area contributed by atoms with Crippen molar-refractivity contribution in [3.8, 4) is 0 Å². The second-order valence-electron chi connectivity index (χ2n) is 9.29. The predicted octanol–water partition coefficient (Wildman–Crippen LogP) is 0.883. The van der Waals surface area contributed by atoms with E-state index in [0.717, 1.165) is 64.6 Å². The minimum atomic E-state index is -0.449. The van der Waals surface area contributed by atoms with Crippen LogP contribution in [0.3, 0.4) is 0 Å². The van der Waals surface area contributed by atoms with Crippen molar-refractivity contribution in [2.24, 2.45) is 10.4 Å². The number of piperazine rings is 1. The predicted molar refractivity (Wildman–Crippen MR) is 118 cm³/mol. The SMILES string of the molecule is CN=C(NCCCN1CCN(C(=O)OC(C)(C)C)CC1)NCC1(CCO)CCOC1. The summed E-state index contributed by atoms with van der Waals surface area (Å²) in [6.07, 6.45) is 2.49. The maximum Gasteiger partial charge on any atom is 0.410 e. The van der Waals surface area contributed by atoms with Crippen molar-refractivity contribution in [3.63, 3.8) is 0 Å². The van der Waals surface area contributed by atoms with Crippen LogP contribution in [0.15, 0.2) is 4.99 Å². The average Bonchev–Trinajstić information content (AvgIpc) is 3.15. The molecule has 1 unspecified atom stereocenters. The van der Waals surface area contributed by atoms with Gasteiger partial charge < -0.3 is 30.1 Å². The number of carbonyl (C=O) groups excluding carboxylic acids is 1. The summed E-state index contributed by atoms with van der Waals surface area (Å²) in [5, 5.41) is 16.1. The van der Waals surface area contributed by atoms with Crippen molar-refractivity contribution in [3.05, 3.63) is 0 Å². The van der Waals surface area contributed by atoms with Crippen LogP contribution in [0.2, 0.25) is 0 Å². The average molecular weight is 428 g/mol. The molecule has 0 aromatic rings. The molecule has 0 aromatic carbocycles. The van der Waals surface area contributed by atoms with Gasteiger partial charge in [0.25, 0.3) is 0 Å². The third-order valence-electron chi connectivity index (χ3n) is 5.65. The summed E-state index contributed by atoms with van der Waals surface area (Å²) in [6.45, 7) is 13.0. The fourth-order valence-corrected chi connectivity index (χ4v) is 3.79. The molecule has 174 valence electrons. The number of nitrogens with one attached hydrogen (secondary N) is 2. The summed E-state index contributed by atoms with van der Waals surface area (Å²) < 4.78 is 11.0. The number of amides is 1. The molecule has 0 bridgehead atoms. The molecule has 2 rings (SSSR count). The zero-order chi connectivity index (χ0) is 22.0. The van der Waals surface area contributed by atoms with E-state index in [4.69, 9.17) is 9.47 Å². The molecule has 1 amide bonds. The molecule has 0 spiro atoms. The fraction of sp³-hybridized carbons (Fsp3) is 0.905. The van der Waals surface area contributed by atoms with Gasteiger partial charge in [0.2, 0.25) is 0 Å². The van der Waals surface area contributed by atoms with E-state index < -0.39 is 5.60 Å². The van der Waals surface area contributed by atoms with Crippen LogP contribution in [0.5, 0.6) is 0 Å². The summed E-state index contributed by atoms with van der Waals surface area (Å²) in [4.78, 5) is 20.6. The van der Waals surface area contributed by atoms with E-state index in [9.17, 15) is 9.90 Å². The fourth-order valence-electron chi connectivity index (χ4n) is 3.79. The lowest BCUT2D eigenvalue weighted by atomic mass is 9.84. The molecular weight excluding hydrogens is 386 g/mol. The van der Waals surface area contributed by atoms with Crippen molar-refractivity contribution < 1.29 is 19.4 Å². The number of aliphatic imine (C=N–C) groups is 1. The lowest BCUT2D eigenvalue weighted by molar-refractivity contribution is 0.0145. The Bertz CT molecular complexity index is 550. The number of aliphatic hydroxyl groups excluding tert-OH is 1. The van der Waals surface area contributed by atoms with Crippen molar-refractivity contribution >= 4 is 12.1 Å². The van der Waals surface area contributed by atoms with E-state index >= 15 is 0 Å². The first-order chi connectivity index (χ1) is 14.3. The van der Waals surface area contributed by atoms with E-state index in [0.29, 0.717) is 19.7 Å². The Labute approximate surface area is 181 Å².